The molecule has 0 unspecified atom stereocenters. The molecule has 1 saturated heterocycles. The Hall–Kier alpha value is -1.30. The molecule has 1 aliphatic heterocycles. The number of ether oxygens (including phenoxy) is 2. The summed E-state index contributed by atoms with van der Waals surface area (Å²) in [5.74, 6) is -1.21. The van der Waals surface area contributed by atoms with E-state index in [4.69, 9.17) is 9.47 Å². The van der Waals surface area contributed by atoms with Crippen molar-refractivity contribution in [3.63, 3.8) is 0 Å². The number of aliphatic hydroxyl groups is 1. The summed E-state index contributed by atoms with van der Waals surface area (Å²) in [6.45, 7) is 10.8. The average molecular weight is 287 g/mol. The van der Waals surface area contributed by atoms with E-state index in [2.05, 4.69) is 0 Å². The van der Waals surface area contributed by atoms with E-state index in [0.717, 1.165) is 0 Å². The molecule has 1 fully saturated rings. The van der Waals surface area contributed by atoms with Gasteiger partial charge in [-0.15, -0.1) is 0 Å². The molecule has 0 aromatic heterocycles. The van der Waals surface area contributed by atoms with Crippen molar-refractivity contribution in [1.82, 2.24) is 4.90 Å². The van der Waals surface area contributed by atoms with Crippen LogP contribution in [-0.2, 0) is 14.3 Å². The second kappa shape index (κ2) is 5.60. The van der Waals surface area contributed by atoms with Crippen molar-refractivity contribution >= 4 is 12.1 Å². The minimum Gasteiger partial charge on any atom is -0.460 e. The molecule has 0 spiro atoms. The van der Waals surface area contributed by atoms with Crippen molar-refractivity contribution in [2.24, 2.45) is 5.92 Å². The molecule has 1 N–H and O–H groups in total. The number of aliphatic hydroxyl groups excluding tert-OH is 1. The third-order valence-electron chi connectivity index (χ3n) is 2.65. The number of rotatable bonds is 1. The molecule has 0 aromatic carbocycles. The van der Waals surface area contributed by atoms with Crippen LogP contribution in [0, 0.1) is 5.92 Å². The van der Waals surface area contributed by atoms with Gasteiger partial charge in [-0.3, -0.25) is 4.79 Å². The molecule has 6 nitrogen and oxygen atoms in total. The topological polar surface area (TPSA) is 76.1 Å². The Kier molecular flexibility index (Phi) is 4.69. The summed E-state index contributed by atoms with van der Waals surface area (Å²) in [5, 5.41) is 9.92. The maximum Gasteiger partial charge on any atom is 0.410 e. The van der Waals surface area contributed by atoms with E-state index in [1.165, 1.54) is 4.90 Å². The van der Waals surface area contributed by atoms with E-state index in [0.29, 0.717) is 0 Å². The first-order chi connectivity index (χ1) is 8.89. The molecule has 20 heavy (non-hydrogen) atoms. The van der Waals surface area contributed by atoms with E-state index in [1.54, 1.807) is 41.5 Å². The highest BCUT2D eigenvalue weighted by Crippen LogP contribution is 2.23. The summed E-state index contributed by atoms with van der Waals surface area (Å²) < 4.78 is 10.5. The number of likely N-dealkylation sites (tertiary alicyclic amines) is 1. The van der Waals surface area contributed by atoms with Gasteiger partial charge in [0.2, 0.25) is 0 Å². The van der Waals surface area contributed by atoms with Crippen LogP contribution in [0.1, 0.15) is 41.5 Å². The summed E-state index contributed by atoms with van der Waals surface area (Å²) in [6.07, 6.45) is -1.44. The largest absolute Gasteiger partial charge is 0.460 e. The van der Waals surface area contributed by atoms with Gasteiger partial charge in [0.05, 0.1) is 12.6 Å². The molecule has 1 heterocycles. The Morgan fingerprint density at radius 1 is 1.00 bits per heavy atom. The zero-order chi connectivity index (χ0) is 15.7. The van der Waals surface area contributed by atoms with E-state index in [9.17, 15) is 14.7 Å². The van der Waals surface area contributed by atoms with Gasteiger partial charge in [-0.25, -0.2) is 4.79 Å². The van der Waals surface area contributed by atoms with Crippen molar-refractivity contribution in [3.05, 3.63) is 0 Å². The second-order valence-corrected chi connectivity index (χ2v) is 7.09. The number of hydrogen-bond acceptors (Lipinski definition) is 5. The van der Waals surface area contributed by atoms with Crippen LogP contribution in [0.15, 0.2) is 0 Å². The number of β-amino-alcohol motifs (C(OH)–C–C–N with tert-alkyl or cyclic N) is 1. The zero-order valence-corrected chi connectivity index (χ0v) is 13.1. The predicted molar refractivity (Wildman–Crippen MR) is 73.1 cm³/mol. The Morgan fingerprint density at radius 3 is 1.95 bits per heavy atom. The number of amides is 1. The summed E-state index contributed by atoms with van der Waals surface area (Å²) >= 11 is 0. The first-order valence-electron chi connectivity index (χ1n) is 6.78. The van der Waals surface area contributed by atoms with Crippen molar-refractivity contribution in [1.29, 1.82) is 0 Å². The van der Waals surface area contributed by atoms with Gasteiger partial charge in [-0.1, -0.05) is 0 Å². The van der Waals surface area contributed by atoms with Crippen molar-refractivity contribution in [2.45, 2.75) is 58.8 Å². The number of hydrogen-bond donors (Lipinski definition) is 1. The quantitative estimate of drug-likeness (QED) is 0.741. The summed E-state index contributed by atoms with van der Waals surface area (Å²) in [4.78, 5) is 25.2. The van der Waals surface area contributed by atoms with Gasteiger partial charge in [0.25, 0.3) is 0 Å². The summed E-state index contributed by atoms with van der Waals surface area (Å²) in [7, 11) is 0. The molecular formula is C14H25NO5. The van der Waals surface area contributed by atoms with Crippen LogP contribution < -0.4 is 0 Å². The lowest BCUT2D eigenvalue weighted by molar-refractivity contribution is -0.162. The number of esters is 1. The van der Waals surface area contributed by atoms with E-state index >= 15 is 0 Å². The van der Waals surface area contributed by atoms with Crippen LogP contribution in [0.5, 0.6) is 0 Å². The smallest absolute Gasteiger partial charge is 0.410 e. The number of carbonyl (C=O) groups excluding carboxylic acids is 2. The van der Waals surface area contributed by atoms with Crippen LogP contribution in [-0.4, -0.2) is 52.5 Å². The van der Waals surface area contributed by atoms with Gasteiger partial charge in [0, 0.05) is 6.54 Å². The van der Waals surface area contributed by atoms with Gasteiger partial charge < -0.3 is 19.5 Å². The van der Waals surface area contributed by atoms with Crippen molar-refractivity contribution in [3.8, 4) is 0 Å². The fourth-order valence-electron chi connectivity index (χ4n) is 1.87. The normalized spacial score (nSPS) is 23.6. The Balaban J connectivity index is 2.63. The van der Waals surface area contributed by atoms with Crippen LogP contribution in [0.3, 0.4) is 0 Å². The van der Waals surface area contributed by atoms with Crippen LogP contribution in [0.4, 0.5) is 4.79 Å². The van der Waals surface area contributed by atoms with E-state index in [1.807, 2.05) is 0 Å². The molecule has 6 heteroatoms. The second-order valence-electron chi connectivity index (χ2n) is 7.09. The highest BCUT2D eigenvalue weighted by molar-refractivity contribution is 5.77. The predicted octanol–water partition coefficient (Wildman–Crippen LogP) is 1.56. The van der Waals surface area contributed by atoms with Gasteiger partial charge in [0.1, 0.15) is 17.1 Å². The standard InChI is InChI=1S/C14H25NO5/c1-13(2,3)19-11(17)9-7-15(8-10(9)16)12(18)20-14(4,5)6/h9-10,16H,7-8H2,1-6H3/t9-,10+/m0/s1. The lowest BCUT2D eigenvalue weighted by Crippen LogP contribution is -2.36. The molecule has 0 bridgehead atoms. The number of carbonyl (C=O) groups is 2. The molecule has 1 amide bonds. The molecule has 0 radical (unpaired) electrons. The molecule has 0 aromatic rings. The monoisotopic (exact) mass is 287 g/mol. The number of nitrogens with zero attached hydrogens (tertiary/aromatic N) is 1. The SMILES string of the molecule is CC(C)(C)OC(=O)[C@H]1CN(C(=O)OC(C)(C)C)C[C@H]1O. The fourth-order valence-corrected chi connectivity index (χ4v) is 1.87. The van der Waals surface area contributed by atoms with Crippen molar-refractivity contribution < 1.29 is 24.2 Å². The van der Waals surface area contributed by atoms with Crippen LogP contribution in [0.2, 0.25) is 0 Å². The van der Waals surface area contributed by atoms with E-state index in [-0.39, 0.29) is 13.1 Å². The Bertz CT molecular complexity index is 380. The lowest BCUT2D eigenvalue weighted by atomic mass is 10.1. The van der Waals surface area contributed by atoms with Gasteiger partial charge >= 0.3 is 12.1 Å². The summed E-state index contributed by atoms with van der Waals surface area (Å²) in [5.41, 5.74) is -1.22. The highest BCUT2D eigenvalue weighted by atomic mass is 16.6. The summed E-state index contributed by atoms with van der Waals surface area (Å²) in [6, 6.07) is 0. The molecule has 0 aliphatic carbocycles. The molecular weight excluding hydrogens is 262 g/mol. The minimum absolute atomic E-state index is 0.0822. The fraction of sp³-hybridized carbons (Fsp3) is 0.857. The van der Waals surface area contributed by atoms with Gasteiger partial charge in [-0.2, -0.15) is 0 Å². The average Bonchev–Trinajstić information content (AvgIpc) is 2.55. The Labute approximate surface area is 120 Å². The molecule has 1 rings (SSSR count). The third-order valence-corrected chi connectivity index (χ3v) is 2.65. The molecule has 1 aliphatic rings. The van der Waals surface area contributed by atoms with Crippen LogP contribution in [0.25, 0.3) is 0 Å². The minimum atomic E-state index is -0.919. The maximum atomic E-state index is 12.0. The zero-order valence-electron chi connectivity index (χ0n) is 13.1. The van der Waals surface area contributed by atoms with Gasteiger partial charge in [-0.05, 0) is 41.5 Å². The first-order valence-corrected chi connectivity index (χ1v) is 6.78. The lowest BCUT2D eigenvalue weighted by Gasteiger charge is -2.24. The first kappa shape index (κ1) is 16.8. The van der Waals surface area contributed by atoms with Crippen LogP contribution >= 0.6 is 0 Å². The third kappa shape index (κ3) is 5.00. The Morgan fingerprint density at radius 2 is 1.50 bits per heavy atom. The molecule has 116 valence electrons. The van der Waals surface area contributed by atoms with Crippen molar-refractivity contribution in [2.75, 3.05) is 13.1 Å². The van der Waals surface area contributed by atoms with Gasteiger partial charge in [0.15, 0.2) is 0 Å². The highest BCUT2D eigenvalue weighted by Gasteiger charge is 2.42. The van der Waals surface area contributed by atoms with E-state index < -0.39 is 35.3 Å². The molecule has 0 saturated carbocycles. The molecule has 2 atom stereocenters. The maximum absolute atomic E-state index is 12.0.